The lowest BCUT2D eigenvalue weighted by Crippen LogP contribution is -2.08. The number of nitrogens with zero attached hydrogens (tertiary/aromatic N) is 2. The van der Waals surface area contributed by atoms with Gasteiger partial charge in [0, 0.05) is 21.3 Å². The van der Waals surface area contributed by atoms with Crippen LogP contribution in [0.2, 0.25) is 0 Å². The summed E-state index contributed by atoms with van der Waals surface area (Å²) >= 11 is 1.73. The Morgan fingerprint density at radius 2 is 1.89 bits per heavy atom. The lowest BCUT2D eigenvalue weighted by molar-refractivity contribution is 0.0688. The topological polar surface area (TPSA) is 55.1 Å². The van der Waals surface area contributed by atoms with Crippen molar-refractivity contribution in [2.45, 2.75) is 43.3 Å². The van der Waals surface area contributed by atoms with E-state index < -0.39 is 5.97 Å². The lowest BCUT2D eigenvalue weighted by Gasteiger charge is -2.24. The average molecular weight is 378 g/mol. The third kappa shape index (κ3) is 2.96. The zero-order chi connectivity index (χ0) is 19.1. The number of hydrogen-bond acceptors (Lipinski definition) is 3. The van der Waals surface area contributed by atoms with E-state index in [4.69, 9.17) is 0 Å². The Bertz CT molecular complexity index is 1010. The minimum Gasteiger partial charge on any atom is -0.476 e. The number of aromatic carboxylic acids is 1. The highest BCUT2D eigenvalue weighted by atomic mass is 32.2. The number of carboxylic acid groups (broad SMARTS) is 1. The summed E-state index contributed by atoms with van der Waals surface area (Å²) in [5, 5.41) is 14.4. The predicted octanol–water partition coefficient (Wildman–Crippen LogP) is 5.92. The molecule has 4 nitrogen and oxygen atoms in total. The second kappa shape index (κ2) is 6.89. The second-order valence-corrected chi connectivity index (χ2v) is 8.33. The van der Waals surface area contributed by atoms with Crippen molar-refractivity contribution in [2.75, 3.05) is 0 Å². The molecule has 1 unspecified atom stereocenters. The molecule has 1 N–H and O–H groups in total. The molecular formula is C22H22N2O2S. The van der Waals surface area contributed by atoms with Gasteiger partial charge >= 0.3 is 5.97 Å². The first-order valence-electron chi connectivity index (χ1n) is 9.23. The molecule has 138 valence electrons. The number of carbonyl (C=O) groups is 1. The van der Waals surface area contributed by atoms with Crippen molar-refractivity contribution in [1.82, 2.24) is 9.78 Å². The fourth-order valence-corrected chi connectivity index (χ4v) is 4.87. The third-order valence-electron chi connectivity index (χ3n) is 5.03. The molecule has 0 saturated heterocycles. The molecule has 2 aromatic carbocycles. The summed E-state index contributed by atoms with van der Waals surface area (Å²) in [7, 11) is 0. The number of thioether (sulfide) groups is 1. The van der Waals surface area contributed by atoms with E-state index >= 15 is 0 Å². The largest absolute Gasteiger partial charge is 0.476 e. The van der Waals surface area contributed by atoms with E-state index in [0.717, 1.165) is 28.9 Å². The van der Waals surface area contributed by atoms with Crippen molar-refractivity contribution in [3.8, 4) is 16.9 Å². The van der Waals surface area contributed by atoms with Crippen LogP contribution in [0.4, 0.5) is 0 Å². The molecule has 2 heterocycles. The number of benzene rings is 2. The van der Waals surface area contributed by atoms with Gasteiger partial charge in [-0.2, -0.15) is 5.10 Å². The Balaban J connectivity index is 1.98. The molecular weight excluding hydrogens is 356 g/mol. The predicted molar refractivity (Wildman–Crippen MR) is 109 cm³/mol. The SMILES string of the molecule is CCC1Sc2ccccc2-c2c1c(C(=O)O)nn2-c1ccc(C(C)C)cc1. The Kier molecular flexibility index (Phi) is 4.56. The van der Waals surface area contributed by atoms with Gasteiger partial charge in [0.25, 0.3) is 0 Å². The maximum absolute atomic E-state index is 11.9. The zero-order valence-corrected chi connectivity index (χ0v) is 16.5. The Labute approximate surface area is 163 Å². The van der Waals surface area contributed by atoms with Crippen LogP contribution in [0, 0.1) is 0 Å². The molecule has 0 spiro atoms. The van der Waals surface area contributed by atoms with Crippen LogP contribution in [0.3, 0.4) is 0 Å². The fraction of sp³-hybridized carbons (Fsp3) is 0.273. The molecule has 1 aliphatic rings. The first kappa shape index (κ1) is 17.9. The number of aromatic nitrogens is 2. The molecule has 4 rings (SSSR count). The summed E-state index contributed by atoms with van der Waals surface area (Å²) in [6.45, 7) is 6.41. The fourth-order valence-electron chi connectivity index (χ4n) is 3.60. The lowest BCUT2D eigenvalue weighted by atomic mass is 10.00. The molecule has 0 aliphatic carbocycles. The van der Waals surface area contributed by atoms with Crippen LogP contribution in [-0.4, -0.2) is 20.9 Å². The van der Waals surface area contributed by atoms with Gasteiger partial charge in [-0.1, -0.05) is 51.1 Å². The third-order valence-corrected chi connectivity index (χ3v) is 6.50. The quantitative estimate of drug-likeness (QED) is 0.612. The van der Waals surface area contributed by atoms with E-state index in [1.807, 2.05) is 28.9 Å². The van der Waals surface area contributed by atoms with Crippen LogP contribution >= 0.6 is 11.8 Å². The van der Waals surface area contributed by atoms with Crippen molar-refractivity contribution in [3.05, 3.63) is 65.4 Å². The van der Waals surface area contributed by atoms with Crippen molar-refractivity contribution in [1.29, 1.82) is 0 Å². The first-order valence-corrected chi connectivity index (χ1v) is 10.1. The minimum atomic E-state index is -0.970. The van der Waals surface area contributed by atoms with Crippen molar-refractivity contribution in [3.63, 3.8) is 0 Å². The van der Waals surface area contributed by atoms with Crippen LogP contribution in [0.15, 0.2) is 53.4 Å². The molecule has 0 bridgehead atoms. The summed E-state index contributed by atoms with van der Waals surface area (Å²) in [5.41, 5.74) is 5.09. The highest BCUT2D eigenvalue weighted by Crippen LogP contribution is 2.51. The van der Waals surface area contributed by atoms with Gasteiger partial charge in [0.2, 0.25) is 0 Å². The summed E-state index contributed by atoms with van der Waals surface area (Å²) in [6.07, 6.45) is 0.851. The van der Waals surface area contributed by atoms with E-state index in [-0.39, 0.29) is 10.9 Å². The van der Waals surface area contributed by atoms with Gasteiger partial charge in [-0.15, -0.1) is 11.8 Å². The maximum Gasteiger partial charge on any atom is 0.356 e. The molecule has 1 aromatic heterocycles. The summed E-state index contributed by atoms with van der Waals surface area (Å²) in [6, 6.07) is 16.4. The first-order chi connectivity index (χ1) is 13.0. The Hall–Kier alpha value is -2.53. The summed E-state index contributed by atoms with van der Waals surface area (Å²) in [5.74, 6) is -0.524. The van der Waals surface area contributed by atoms with E-state index in [9.17, 15) is 9.90 Å². The van der Waals surface area contributed by atoms with E-state index in [2.05, 4.69) is 50.1 Å². The molecule has 0 saturated carbocycles. The zero-order valence-electron chi connectivity index (χ0n) is 15.6. The van der Waals surface area contributed by atoms with Crippen molar-refractivity contribution < 1.29 is 9.90 Å². The summed E-state index contributed by atoms with van der Waals surface area (Å²) < 4.78 is 1.81. The molecule has 5 heteroatoms. The Morgan fingerprint density at radius 1 is 1.19 bits per heavy atom. The van der Waals surface area contributed by atoms with Crippen LogP contribution in [0.1, 0.15) is 60.0 Å². The number of fused-ring (bicyclic) bond motifs is 3. The van der Waals surface area contributed by atoms with Crippen molar-refractivity contribution >= 4 is 17.7 Å². The van der Waals surface area contributed by atoms with Gasteiger partial charge in [-0.25, -0.2) is 9.48 Å². The molecule has 0 radical (unpaired) electrons. The van der Waals surface area contributed by atoms with E-state index in [1.165, 1.54) is 10.5 Å². The molecule has 27 heavy (non-hydrogen) atoms. The van der Waals surface area contributed by atoms with E-state index in [0.29, 0.717) is 5.92 Å². The molecule has 1 atom stereocenters. The van der Waals surface area contributed by atoms with Gasteiger partial charge in [-0.05, 0) is 36.1 Å². The summed E-state index contributed by atoms with van der Waals surface area (Å²) in [4.78, 5) is 13.1. The minimum absolute atomic E-state index is 0.0877. The molecule has 0 amide bonds. The molecule has 0 fully saturated rings. The number of carboxylic acids is 1. The van der Waals surface area contributed by atoms with Gasteiger partial charge in [-0.3, -0.25) is 0 Å². The second-order valence-electron chi connectivity index (χ2n) is 7.08. The smallest absolute Gasteiger partial charge is 0.356 e. The van der Waals surface area contributed by atoms with Crippen molar-refractivity contribution in [2.24, 2.45) is 0 Å². The number of hydrogen-bond donors (Lipinski definition) is 1. The highest BCUT2D eigenvalue weighted by molar-refractivity contribution is 7.99. The number of rotatable bonds is 4. The Morgan fingerprint density at radius 3 is 2.52 bits per heavy atom. The van der Waals surface area contributed by atoms with Crippen LogP contribution < -0.4 is 0 Å². The average Bonchev–Trinajstić information content (AvgIpc) is 3.08. The van der Waals surface area contributed by atoms with Crippen LogP contribution in [0.5, 0.6) is 0 Å². The van der Waals surface area contributed by atoms with E-state index in [1.54, 1.807) is 11.8 Å². The highest BCUT2D eigenvalue weighted by Gasteiger charge is 2.34. The van der Waals surface area contributed by atoms with Gasteiger partial charge in [0.1, 0.15) is 0 Å². The molecule has 1 aliphatic heterocycles. The van der Waals surface area contributed by atoms with Crippen LogP contribution in [-0.2, 0) is 0 Å². The maximum atomic E-state index is 11.9. The monoisotopic (exact) mass is 378 g/mol. The van der Waals surface area contributed by atoms with Gasteiger partial charge in [0.05, 0.1) is 11.4 Å². The van der Waals surface area contributed by atoms with Crippen LogP contribution in [0.25, 0.3) is 16.9 Å². The normalized spacial score (nSPS) is 15.5. The standard InChI is InChI=1S/C22H22N2O2S/c1-4-17-19-20(22(25)26)23-24(15-11-9-14(10-12-15)13(2)3)21(19)16-7-5-6-8-18(16)27-17/h5-13,17H,4H2,1-3H3,(H,25,26). The van der Waals surface area contributed by atoms with Gasteiger partial charge in [0.15, 0.2) is 5.69 Å². The van der Waals surface area contributed by atoms with Gasteiger partial charge < -0.3 is 5.11 Å². The molecule has 3 aromatic rings.